The van der Waals surface area contributed by atoms with Crippen molar-refractivity contribution in [3.8, 4) is 6.07 Å². The van der Waals surface area contributed by atoms with Crippen LogP contribution < -0.4 is 10.5 Å². The lowest BCUT2D eigenvalue weighted by molar-refractivity contribution is 0.249. The molecule has 4 rings (SSSR count). The van der Waals surface area contributed by atoms with Gasteiger partial charge in [0.15, 0.2) is 0 Å². The predicted octanol–water partition coefficient (Wildman–Crippen LogP) is 2.82. The van der Waals surface area contributed by atoms with Crippen molar-refractivity contribution in [1.29, 1.82) is 5.26 Å². The van der Waals surface area contributed by atoms with Crippen molar-refractivity contribution in [1.82, 2.24) is 14.9 Å². The molecular formula is C22H22FN5O. The quantitative estimate of drug-likeness (QED) is 0.740. The van der Waals surface area contributed by atoms with Gasteiger partial charge in [-0.1, -0.05) is 6.92 Å². The molecule has 1 saturated heterocycles. The molecule has 7 heteroatoms. The minimum atomic E-state index is -0.355. The maximum atomic E-state index is 14.3. The third kappa shape index (κ3) is 3.98. The van der Waals surface area contributed by atoms with Gasteiger partial charge in [0.2, 0.25) is 0 Å². The molecule has 0 aliphatic carbocycles. The number of hydrogen-bond donors (Lipinski definition) is 1. The number of nitrogens with zero attached hydrogens (tertiary/aromatic N) is 4. The van der Waals surface area contributed by atoms with Crippen LogP contribution >= 0.6 is 0 Å². The van der Waals surface area contributed by atoms with Crippen LogP contribution in [0.4, 0.5) is 10.1 Å². The SMILES string of the molecule is CCc1cc2ncc(CN3CCN(c4ccc(C#N)cc4F)CC3)cc2[nH]c1=O. The Bertz CT molecular complexity index is 1140. The number of anilines is 1. The van der Waals surface area contributed by atoms with E-state index in [1.807, 2.05) is 36.2 Å². The zero-order valence-electron chi connectivity index (χ0n) is 16.3. The minimum Gasteiger partial charge on any atom is -0.367 e. The second-order valence-corrected chi connectivity index (χ2v) is 7.29. The summed E-state index contributed by atoms with van der Waals surface area (Å²) in [7, 11) is 0. The number of nitrogens with one attached hydrogen (secondary N) is 1. The summed E-state index contributed by atoms with van der Waals surface area (Å²) in [6.45, 7) is 5.69. The van der Waals surface area contributed by atoms with Crippen molar-refractivity contribution < 1.29 is 4.39 Å². The highest BCUT2D eigenvalue weighted by Gasteiger charge is 2.20. The molecule has 148 valence electrons. The Labute approximate surface area is 168 Å². The molecule has 0 saturated carbocycles. The van der Waals surface area contributed by atoms with Gasteiger partial charge >= 0.3 is 0 Å². The van der Waals surface area contributed by atoms with Gasteiger partial charge in [0.25, 0.3) is 5.56 Å². The van der Waals surface area contributed by atoms with E-state index in [1.165, 1.54) is 6.07 Å². The number of aromatic amines is 1. The number of aromatic nitrogens is 2. The van der Waals surface area contributed by atoms with Crippen LogP contribution in [0.2, 0.25) is 0 Å². The molecule has 3 heterocycles. The Hall–Kier alpha value is -3.24. The lowest BCUT2D eigenvalue weighted by atomic mass is 10.1. The summed E-state index contributed by atoms with van der Waals surface area (Å²) >= 11 is 0. The summed E-state index contributed by atoms with van der Waals surface area (Å²) in [5.74, 6) is -0.355. The molecule has 1 aliphatic heterocycles. The fourth-order valence-electron chi connectivity index (χ4n) is 3.75. The second kappa shape index (κ2) is 8.02. The molecule has 1 fully saturated rings. The zero-order chi connectivity index (χ0) is 20.4. The molecule has 0 radical (unpaired) electrons. The smallest absolute Gasteiger partial charge is 0.251 e. The van der Waals surface area contributed by atoms with Crippen molar-refractivity contribution in [2.45, 2.75) is 19.9 Å². The number of nitriles is 1. The summed E-state index contributed by atoms with van der Waals surface area (Å²) < 4.78 is 14.3. The van der Waals surface area contributed by atoms with Crippen LogP contribution in [0.25, 0.3) is 11.0 Å². The van der Waals surface area contributed by atoms with Gasteiger partial charge in [0.1, 0.15) is 5.82 Å². The van der Waals surface area contributed by atoms with Crippen molar-refractivity contribution in [3.05, 3.63) is 69.4 Å². The number of benzene rings is 1. The first kappa shape index (κ1) is 19.1. The third-order valence-corrected chi connectivity index (χ3v) is 5.40. The molecule has 1 aliphatic rings. The van der Waals surface area contributed by atoms with E-state index in [9.17, 15) is 9.18 Å². The first-order valence-electron chi connectivity index (χ1n) is 9.75. The van der Waals surface area contributed by atoms with Gasteiger partial charge in [-0.2, -0.15) is 5.26 Å². The topological polar surface area (TPSA) is 76.0 Å². The van der Waals surface area contributed by atoms with Gasteiger partial charge in [-0.05, 0) is 42.3 Å². The minimum absolute atomic E-state index is 0.0583. The molecule has 0 atom stereocenters. The van der Waals surface area contributed by atoms with Crippen molar-refractivity contribution >= 4 is 16.7 Å². The average molecular weight is 391 g/mol. The second-order valence-electron chi connectivity index (χ2n) is 7.29. The lowest BCUT2D eigenvalue weighted by Crippen LogP contribution is -2.46. The molecule has 1 N–H and O–H groups in total. The standard InChI is InChI=1S/C22H22FN5O/c1-2-17-11-19-20(26-22(17)29)10-16(13-25-19)14-27-5-7-28(8-6-27)21-4-3-15(12-24)9-18(21)23/h3-4,9-11,13H,2,5-8,14H2,1H3,(H,26,29). The van der Waals surface area contributed by atoms with Gasteiger partial charge in [-0.3, -0.25) is 14.7 Å². The summed E-state index contributed by atoms with van der Waals surface area (Å²) in [6, 6.07) is 10.4. The Balaban J connectivity index is 1.43. The maximum absolute atomic E-state index is 14.3. The van der Waals surface area contributed by atoms with Gasteiger partial charge in [-0.25, -0.2) is 4.39 Å². The van der Waals surface area contributed by atoms with Crippen molar-refractivity contribution in [2.24, 2.45) is 0 Å². The van der Waals surface area contributed by atoms with E-state index >= 15 is 0 Å². The lowest BCUT2D eigenvalue weighted by Gasteiger charge is -2.36. The molecule has 0 amide bonds. The number of piperazine rings is 1. The zero-order valence-corrected chi connectivity index (χ0v) is 16.3. The van der Waals surface area contributed by atoms with Crippen LogP contribution in [0.1, 0.15) is 23.6 Å². The largest absolute Gasteiger partial charge is 0.367 e. The molecule has 29 heavy (non-hydrogen) atoms. The number of pyridine rings is 2. The number of aryl methyl sites for hydroxylation is 1. The van der Waals surface area contributed by atoms with Crippen molar-refractivity contribution in [2.75, 3.05) is 31.1 Å². The Morgan fingerprint density at radius 2 is 2.00 bits per heavy atom. The first-order chi connectivity index (χ1) is 14.1. The molecule has 0 unspecified atom stereocenters. The van der Waals surface area contributed by atoms with Crippen molar-refractivity contribution in [3.63, 3.8) is 0 Å². The van der Waals surface area contributed by atoms with E-state index < -0.39 is 0 Å². The Morgan fingerprint density at radius 1 is 1.21 bits per heavy atom. The molecule has 1 aromatic carbocycles. The number of halogens is 1. The summed E-state index contributed by atoms with van der Waals surface area (Å²) in [5, 5.41) is 8.88. The normalized spacial score (nSPS) is 14.9. The molecule has 3 aromatic rings. The molecule has 2 aromatic heterocycles. The van der Waals surface area contributed by atoms with E-state index in [2.05, 4.69) is 14.9 Å². The number of rotatable bonds is 4. The van der Waals surface area contributed by atoms with Gasteiger partial charge in [0.05, 0.1) is 28.4 Å². The van der Waals surface area contributed by atoms with Crippen LogP contribution in [0.3, 0.4) is 0 Å². The molecule has 6 nitrogen and oxygen atoms in total. The fourth-order valence-corrected chi connectivity index (χ4v) is 3.75. The molecule has 0 spiro atoms. The number of H-pyrrole nitrogens is 1. The van der Waals surface area contributed by atoms with Crippen LogP contribution in [-0.2, 0) is 13.0 Å². The monoisotopic (exact) mass is 391 g/mol. The number of fused-ring (bicyclic) bond motifs is 1. The highest BCUT2D eigenvalue weighted by Crippen LogP contribution is 2.22. The summed E-state index contributed by atoms with van der Waals surface area (Å²) in [6.07, 6.45) is 2.53. The van der Waals surface area contributed by atoms with Crippen LogP contribution in [-0.4, -0.2) is 41.0 Å². The maximum Gasteiger partial charge on any atom is 0.251 e. The summed E-state index contributed by atoms with van der Waals surface area (Å²) in [4.78, 5) is 23.8. The Kier molecular flexibility index (Phi) is 5.28. The van der Waals surface area contributed by atoms with Crippen LogP contribution in [0, 0.1) is 17.1 Å². The van der Waals surface area contributed by atoms with Crippen LogP contribution in [0.5, 0.6) is 0 Å². The molecule has 0 bridgehead atoms. The van der Waals surface area contributed by atoms with E-state index in [0.29, 0.717) is 30.8 Å². The summed E-state index contributed by atoms with van der Waals surface area (Å²) in [5.41, 5.74) is 4.14. The Morgan fingerprint density at radius 3 is 2.69 bits per heavy atom. The van der Waals surface area contributed by atoms with Crippen LogP contribution in [0.15, 0.2) is 41.3 Å². The fraction of sp³-hybridized carbons (Fsp3) is 0.318. The number of hydrogen-bond acceptors (Lipinski definition) is 5. The van der Waals surface area contributed by atoms with Gasteiger partial charge in [-0.15, -0.1) is 0 Å². The van der Waals surface area contributed by atoms with E-state index in [-0.39, 0.29) is 11.4 Å². The van der Waals surface area contributed by atoms with E-state index in [0.717, 1.165) is 41.8 Å². The van der Waals surface area contributed by atoms with E-state index in [1.54, 1.807) is 12.1 Å². The highest BCUT2D eigenvalue weighted by atomic mass is 19.1. The molecular weight excluding hydrogens is 369 g/mol. The van der Waals surface area contributed by atoms with Gasteiger partial charge in [0, 0.05) is 44.5 Å². The van der Waals surface area contributed by atoms with Gasteiger partial charge < -0.3 is 9.88 Å². The third-order valence-electron chi connectivity index (χ3n) is 5.40. The first-order valence-corrected chi connectivity index (χ1v) is 9.75. The highest BCUT2D eigenvalue weighted by molar-refractivity contribution is 5.74. The predicted molar refractivity (Wildman–Crippen MR) is 110 cm³/mol. The average Bonchev–Trinajstić information content (AvgIpc) is 2.74. The van der Waals surface area contributed by atoms with E-state index in [4.69, 9.17) is 5.26 Å².